The van der Waals surface area contributed by atoms with Crippen molar-refractivity contribution in [1.29, 1.82) is 0 Å². The van der Waals surface area contributed by atoms with Gasteiger partial charge in [-0.15, -0.1) is 5.10 Å². The summed E-state index contributed by atoms with van der Waals surface area (Å²) in [6.07, 6.45) is 0. The van der Waals surface area contributed by atoms with Crippen molar-refractivity contribution in [3.8, 4) is 0 Å². The number of halogens is 1. The van der Waals surface area contributed by atoms with Crippen molar-refractivity contribution in [2.45, 2.75) is 13.5 Å². The molecule has 3 nitrogen and oxygen atoms in total. The number of rotatable bonds is 2. The van der Waals surface area contributed by atoms with Crippen LogP contribution in [0.5, 0.6) is 0 Å². The van der Waals surface area contributed by atoms with Crippen molar-refractivity contribution in [2.24, 2.45) is 0 Å². The summed E-state index contributed by atoms with van der Waals surface area (Å²) >= 11 is 2.19. The Kier molecular flexibility index (Phi) is 2.81. The third-order valence-electron chi connectivity index (χ3n) is 1.93. The maximum atomic E-state index is 4.30. The number of aryl methyl sites for hydroxylation is 1. The Bertz CT molecular complexity index is 403. The van der Waals surface area contributed by atoms with Gasteiger partial charge >= 0.3 is 0 Å². The van der Waals surface area contributed by atoms with Crippen molar-refractivity contribution in [2.75, 3.05) is 0 Å². The van der Waals surface area contributed by atoms with Crippen LogP contribution in [0.2, 0.25) is 0 Å². The van der Waals surface area contributed by atoms with Crippen LogP contribution >= 0.6 is 22.6 Å². The summed E-state index contributed by atoms with van der Waals surface area (Å²) in [6.45, 7) is 2.71. The van der Waals surface area contributed by atoms with Gasteiger partial charge in [-0.05, 0) is 35.1 Å². The Morgan fingerprint density at radius 2 is 1.93 bits per heavy atom. The van der Waals surface area contributed by atoms with Crippen LogP contribution in [0.3, 0.4) is 0 Å². The first-order chi connectivity index (χ1) is 6.75. The Hall–Kier alpha value is -0.910. The summed E-state index contributed by atoms with van der Waals surface area (Å²) in [5.74, 6) is 0. The lowest BCUT2D eigenvalue weighted by Crippen LogP contribution is -2.03. The molecule has 0 spiro atoms. The Labute approximate surface area is 96.3 Å². The highest BCUT2D eigenvalue weighted by Crippen LogP contribution is 2.06. The number of hydrogen-bond donors (Lipinski definition) is 0. The van der Waals surface area contributed by atoms with E-state index in [0.29, 0.717) is 0 Å². The molecule has 0 saturated heterocycles. The molecule has 1 heterocycles. The van der Waals surface area contributed by atoms with Crippen LogP contribution in [0, 0.1) is 10.6 Å². The summed E-state index contributed by atoms with van der Waals surface area (Å²) in [7, 11) is 0. The van der Waals surface area contributed by atoms with Gasteiger partial charge in [-0.1, -0.05) is 30.3 Å². The van der Waals surface area contributed by atoms with E-state index in [-0.39, 0.29) is 0 Å². The second kappa shape index (κ2) is 4.08. The second-order valence-corrected chi connectivity index (χ2v) is 4.11. The summed E-state index contributed by atoms with van der Waals surface area (Å²) in [4.78, 5) is 1.73. The minimum absolute atomic E-state index is 0.741. The minimum Gasteiger partial charge on any atom is -0.179 e. The number of hydrogen-bond acceptors (Lipinski definition) is 2. The van der Waals surface area contributed by atoms with Crippen molar-refractivity contribution < 1.29 is 0 Å². The maximum Gasteiger partial charge on any atom is 0.146 e. The monoisotopic (exact) mass is 299 g/mol. The lowest BCUT2D eigenvalue weighted by atomic mass is 10.2. The molecule has 2 aromatic rings. The predicted octanol–water partition coefficient (Wildman–Crippen LogP) is 2.24. The van der Waals surface area contributed by atoms with E-state index in [1.807, 2.05) is 25.1 Å². The van der Waals surface area contributed by atoms with Crippen molar-refractivity contribution >= 4 is 22.6 Å². The zero-order chi connectivity index (χ0) is 9.97. The lowest BCUT2D eigenvalue weighted by Gasteiger charge is -1.98. The average Bonchev–Trinajstić information content (AvgIpc) is 2.47. The van der Waals surface area contributed by atoms with E-state index in [1.54, 1.807) is 4.80 Å². The highest BCUT2D eigenvalue weighted by Gasteiger charge is 2.02. The standard InChI is InChI=1S/C10H10IN3/c1-8-10(11)13-14(12-8)7-9-5-3-2-4-6-9/h2-6H,7H2,1H3. The molecular formula is C10H10IN3. The van der Waals surface area contributed by atoms with Gasteiger partial charge in [0.15, 0.2) is 0 Å². The van der Waals surface area contributed by atoms with E-state index in [4.69, 9.17) is 0 Å². The molecule has 4 heteroatoms. The lowest BCUT2D eigenvalue weighted by molar-refractivity contribution is 0.585. The van der Waals surface area contributed by atoms with Gasteiger partial charge in [0.2, 0.25) is 0 Å². The van der Waals surface area contributed by atoms with Crippen LogP contribution in [-0.4, -0.2) is 15.0 Å². The Morgan fingerprint density at radius 1 is 1.21 bits per heavy atom. The third kappa shape index (κ3) is 2.12. The second-order valence-electron chi connectivity index (χ2n) is 3.09. The van der Waals surface area contributed by atoms with Gasteiger partial charge in [0, 0.05) is 0 Å². The van der Waals surface area contributed by atoms with Crippen LogP contribution in [0.1, 0.15) is 11.3 Å². The van der Waals surface area contributed by atoms with E-state index in [9.17, 15) is 0 Å². The number of benzene rings is 1. The molecule has 0 aliphatic carbocycles. The zero-order valence-corrected chi connectivity index (χ0v) is 9.97. The Balaban J connectivity index is 2.19. The normalized spacial score (nSPS) is 10.4. The van der Waals surface area contributed by atoms with E-state index >= 15 is 0 Å². The quantitative estimate of drug-likeness (QED) is 0.796. The number of aromatic nitrogens is 3. The molecule has 0 aliphatic heterocycles. The van der Waals surface area contributed by atoms with Gasteiger partial charge in [0.05, 0.1) is 12.2 Å². The summed E-state index contributed by atoms with van der Waals surface area (Å²) in [5, 5.41) is 8.60. The summed E-state index contributed by atoms with van der Waals surface area (Å²) in [6, 6.07) is 10.2. The predicted molar refractivity (Wildman–Crippen MR) is 63.0 cm³/mol. The smallest absolute Gasteiger partial charge is 0.146 e. The zero-order valence-electron chi connectivity index (χ0n) is 7.81. The highest BCUT2D eigenvalue weighted by molar-refractivity contribution is 14.1. The van der Waals surface area contributed by atoms with Crippen LogP contribution < -0.4 is 0 Å². The van der Waals surface area contributed by atoms with Crippen molar-refractivity contribution in [1.82, 2.24) is 15.0 Å². The van der Waals surface area contributed by atoms with E-state index in [1.165, 1.54) is 5.56 Å². The average molecular weight is 299 g/mol. The molecule has 1 aromatic carbocycles. The first-order valence-corrected chi connectivity index (χ1v) is 5.45. The first kappa shape index (κ1) is 9.64. The minimum atomic E-state index is 0.741. The molecule has 2 rings (SSSR count). The van der Waals surface area contributed by atoms with Crippen LogP contribution in [0.15, 0.2) is 30.3 Å². The fraction of sp³-hybridized carbons (Fsp3) is 0.200. The molecule has 72 valence electrons. The molecule has 0 N–H and O–H groups in total. The van der Waals surface area contributed by atoms with Gasteiger partial charge < -0.3 is 0 Å². The maximum absolute atomic E-state index is 4.30. The molecule has 0 radical (unpaired) electrons. The fourth-order valence-corrected chi connectivity index (χ4v) is 1.58. The largest absolute Gasteiger partial charge is 0.179 e. The van der Waals surface area contributed by atoms with Crippen LogP contribution in [0.25, 0.3) is 0 Å². The molecular weight excluding hydrogens is 289 g/mol. The van der Waals surface area contributed by atoms with Crippen LogP contribution in [0.4, 0.5) is 0 Å². The molecule has 0 aliphatic rings. The molecule has 0 fully saturated rings. The van der Waals surface area contributed by atoms with Gasteiger partial charge in [-0.25, -0.2) is 0 Å². The summed E-state index contributed by atoms with van der Waals surface area (Å²) < 4.78 is 0.971. The molecule has 14 heavy (non-hydrogen) atoms. The van der Waals surface area contributed by atoms with Gasteiger partial charge in [0.25, 0.3) is 0 Å². The van der Waals surface area contributed by atoms with E-state index < -0.39 is 0 Å². The van der Waals surface area contributed by atoms with Crippen LogP contribution in [-0.2, 0) is 6.54 Å². The van der Waals surface area contributed by atoms with Gasteiger partial charge in [-0.2, -0.15) is 9.90 Å². The molecule has 0 amide bonds. The van der Waals surface area contributed by atoms with E-state index in [2.05, 4.69) is 44.9 Å². The van der Waals surface area contributed by atoms with Crippen molar-refractivity contribution in [3.63, 3.8) is 0 Å². The molecule has 0 bridgehead atoms. The topological polar surface area (TPSA) is 30.7 Å². The molecule has 1 aromatic heterocycles. The van der Waals surface area contributed by atoms with Gasteiger partial charge in [-0.3, -0.25) is 0 Å². The number of nitrogens with zero attached hydrogens (tertiary/aromatic N) is 3. The Morgan fingerprint density at radius 3 is 2.50 bits per heavy atom. The third-order valence-corrected chi connectivity index (χ3v) is 2.93. The molecule has 0 saturated carbocycles. The first-order valence-electron chi connectivity index (χ1n) is 4.37. The highest BCUT2D eigenvalue weighted by atomic mass is 127. The molecule has 0 atom stereocenters. The van der Waals surface area contributed by atoms with Gasteiger partial charge in [0.1, 0.15) is 3.70 Å². The molecule has 0 unspecified atom stereocenters. The SMILES string of the molecule is Cc1nn(Cc2ccccc2)nc1I. The summed E-state index contributed by atoms with van der Waals surface area (Å²) in [5.41, 5.74) is 2.21. The van der Waals surface area contributed by atoms with E-state index in [0.717, 1.165) is 15.9 Å². The van der Waals surface area contributed by atoms with Crippen molar-refractivity contribution in [3.05, 3.63) is 45.3 Å². The fourth-order valence-electron chi connectivity index (χ4n) is 1.23.